The van der Waals surface area contributed by atoms with Crippen molar-refractivity contribution < 1.29 is 14.3 Å². The minimum absolute atomic E-state index is 0.258. The van der Waals surface area contributed by atoms with Crippen LogP contribution < -0.4 is 4.74 Å². The molecule has 0 unspecified atom stereocenters. The number of benzene rings is 2. The highest BCUT2D eigenvalue weighted by Crippen LogP contribution is 2.22. The van der Waals surface area contributed by atoms with Crippen molar-refractivity contribution in [2.24, 2.45) is 5.92 Å². The fourth-order valence-corrected chi connectivity index (χ4v) is 1.86. The molecule has 104 valence electrons. The zero-order valence-electron chi connectivity index (χ0n) is 11.7. The zero-order valence-corrected chi connectivity index (χ0v) is 11.7. The van der Waals surface area contributed by atoms with E-state index in [0.717, 1.165) is 11.3 Å². The molecule has 1 atom stereocenters. The van der Waals surface area contributed by atoms with Crippen LogP contribution in [-0.2, 0) is 9.53 Å². The lowest BCUT2D eigenvalue weighted by Crippen LogP contribution is -2.19. The van der Waals surface area contributed by atoms with E-state index in [-0.39, 0.29) is 11.9 Å². The molecule has 2 aromatic rings. The van der Waals surface area contributed by atoms with Crippen LogP contribution in [0.1, 0.15) is 6.92 Å². The van der Waals surface area contributed by atoms with Crippen LogP contribution >= 0.6 is 0 Å². The van der Waals surface area contributed by atoms with Crippen molar-refractivity contribution >= 4 is 5.97 Å². The number of ether oxygens (including phenoxy) is 2. The van der Waals surface area contributed by atoms with E-state index in [2.05, 4.69) is 16.9 Å². The summed E-state index contributed by atoms with van der Waals surface area (Å²) in [4.78, 5) is 11.3. The van der Waals surface area contributed by atoms with Crippen molar-refractivity contribution in [3.63, 3.8) is 0 Å². The molecule has 0 bridgehead atoms. The Labute approximate surface area is 119 Å². The molecular formula is C17H18O3. The predicted octanol–water partition coefficient (Wildman–Crippen LogP) is 3.54. The lowest BCUT2D eigenvalue weighted by molar-refractivity contribution is -0.145. The number of carbonyl (C=O) groups excluding carboxylic acids is 1. The fourth-order valence-electron chi connectivity index (χ4n) is 1.86. The number of hydrogen-bond donors (Lipinski definition) is 0. The average Bonchev–Trinajstić information content (AvgIpc) is 2.53. The van der Waals surface area contributed by atoms with Gasteiger partial charge < -0.3 is 9.47 Å². The summed E-state index contributed by atoms with van der Waals surface area (Å²) in [5.74, 6) is 0.222. The number of carbonyl (C=O) groups is 1. The second-order valence-corrected chi connectivity index (χ2v) is 4.63. The van der Waals surface area contributed by atoms with Crippen molar-refractivity contribution in [2.75, 3.05) is 13.7 Å². The second kappa shape index (κ2) is 6.75. The fraction of sp³-hybridized carbons (Fsp3) is 0.235. The molecule has 0 saturated heterocycles. The Morgan fingerprint density at radius 2 is 1.60 bits per heavy atom. The molecule has 3 heteroatoms. The monoisotopic (exact) mass is 270 g/mol. The molecule has 2 aromatic carbocycles. The SMILES string of the molecule is COC(=O)[C@@H](C)COc1ccc(-c2ccccc2)cc1. The van der Waals surface area contributed by atoms with Gasteiger partial charge in [-0.25, -0.2) is 0 Å². The topological polar surface area (TPSA) is 35.5 Å². The van der Waals surface area contributed by atoms with Gasteiger partial charge in [0.15, 0.2) is 0 Å². The Morgan fingerprint density at radius 1 is 1.00 bits per heavy atom. The van der Waals surface area contributed by atoms with Gasteiger partial charge in [-0.2, -0.15) is 0 Å². The third-order valence-electron chi connectivity index (χ3n) is 3.06. The van der Waals surface area contributed by atoms with Crippen LogP contribution in [0.2, 0.25) is 0 Å². The summed E-state index contributed by atoms with van der Waals surface area (Å²) in [6.07, 6.45) is 0. The number of esters is 1. The van der Waals surface area contributed by atoms with E-state index in [1.54, 1.807) is 6.92 Å². The van der Waals surface area contributed by atoms with Gasteiger partial charge in [-0.05, 0) is 30.2 Å². The largest absolute Gasteiger partial charge is 0.493 e. The molecule has 0 amide bonds. The summed E-state index contributed by atoms with van der Waals surface area (Å²) in [6.45, 7) is 2.10. The second-order valence-electron chi connectivity index (χ2n) is 4.63. The summed E-state index contributed by atoms with van der Waals surface area (Å²) < 4.78 is 10.2. The first-order valence-corrected chi connectivity index (χ1v) is 6.57. The van der Waals surface area contributed by atoms with Gasteiger partial charge in [-0.1, -0.05) is 42.5 Å². The Kier molecular flexibility index (Phi) is 4.77. The van der Waals surface area contributed by atoms with E-state index in [0.29, 0.717) is 6.61 Å². The van der Waals surface area contributed by atoms with Crippen LogP contribution in [0, 0.1) is 5.92 Å². The zero-order chi connectivity index (χ0) is 14.4. The third-order valence-corrected chi connectivity index (χ3v) is 3.06. The van der Waals surface area contributed by atoms with Crippen molar-refractivity contribution in [1.29, 1.82) is 0 Å². The minimum atomic E-state index is -0.270. The maximum absolute atomic E-state index is 11.3. The number of hydrogen-bond acceptors (Lipinski definition) is 3. The van der Waals surface area contributed by atoms with E-state index >= 15 is 0 Å². The molecule has 0 aromatic heterocycles. The lowest BCUT2D eigenvalue weighted by Gasteiger charge is -2.11. The van der Waals surface area contributed by atoms with E-state index in [4.69, 9.17) is 4.74 Å². The molecule has 0 N–H and O–H groups in total. The Bertz CT molecular complexity index is 546. The summed E-state index contributed by atoms with van der Waals surface area (Å²) >= 11 is 0. The summed E-state index contributed by atoms with van der Waals surface area (Å²) in [7, 11) is 1.38. The molecule has 2 rings (SSSR count). The van der Waals surface area contributed by atoms with Crippen LogP contribution in [-0.4, -0.2) is 19.7 Å². The highest BCUT2D eigenvalue weighted by Gasteiger charge is 2.13. The Morgan fingerprint density at radius 3 is 2.20 bits per heavy atom. The first kappa shape index (κ1) is 14.1. The Hall–Kier alpha value is -2.29. The molecule has 0 spiro atoms. The van der Waals surface area contributed by atoms with Gasteiger partial charge in [0.25, 0.3) is 0 Å². The Balaban J connectivity index is 1.97. The normalized spacial score (nSPS) is 11.7. The molecule has 0 aliphatic heterocycles. The minimum Gasteiger partial charge on any atom is -0.493 e. The van der Waals surface area contributed by atoms with Crippen molar-refractivity contribution in [1.82, 2.24) is 0 Å². The van der Waals surface area contributed by atoms with Crippen LogP contribution in [0.15, 0.2) is 54.6 Å². The molecule has 0 heterocycles. The highest BCUT2D eigenvalue weighted by molar-refractivity contribution is 5.72. The van der Waals surface area contributed by atoms with Crippen LogP contribution in [0.3, 0.4) is 0 Å². The first-order valence-electron chi connectivity index (χ1n) is 6.57. The maximum Gasteiger partial charge on any atom is 0.311 e. The van der Waals surface area contributed by atoms with Gasteiger partial charge >= 0.3 is 5.97 Å². The van der Waals surface area contributed by atoms with Crippen LogP contribution in [0.25, 0.3) is 11.1 Å². The van der Waals surface area contributed by atoms with Gasteiger partial charge in [0.2, 0.25) is 0 Å². The van der Waals surface area contributed by atoms with Crippen molar-refractivity contribution in [2.45, 2.75) is 6.92 Å². The molecule has 20 heavy (non-hydrogen) atoms. The van der Waals surface area contributed by atoms with E-state index < -0.39 is 0 Å². The van der Waals surface area contributed by atoms with Gasteiger partial charge in [0.1, 0.15) is 12.4 Å². The molecule has 0 aliphatic carbocycles. The number of rotatable bonds is 5. The van der Waals surface area contributed by atoms with Gasteiger partial charge in [0.05, 0.1) is 13.0 Å². The summed E-state index contributed by atoms with van der Waals surface area (Å²) in [6, 6.07) is 18.0. The van der Waals surface area contributed by atoms with Crippen molar-refractivity contribution in [3.8, 4) is 16.9 Å². The molecule has 0 radical (unpaired) electrons. The predicted molar refractivity (Wildman–Crippen MR) is 78.6 cm³/mol. The standard InChI is InChI=1S/C17H18O3/c1-13(17(18)19-2)12-20-16-10-8-15(9-11-16)14-6-4-3-5-7-14/h3-11,13H,12H2,1-2H3/t13-/m0/s1. The van der Waals surface area contributed by atoms with Gasteiger partial charge in [0, 0.05) is 0 Å². The van der Waals surface area contributed by atoms with E-state index in [1.807, 2.05) is 42.5 Å². The maximum atomic E-state index is 11.3. The average molecular weight is 270 g/mol. The van der Waals surface area contributed by atoms with Crippen molar-refractivity contribution in [3.05, 3.63) is 54.6 Å². The van der Waals surface area contributed by atoms with E-state index in [9.17, 15) is 4.79 Å². The molecule has 0 fully saturated rings. The van der Waals surface area contributed by atoms with E-state index in [1.165, 1.54) is 12.7 Å². The van der Waals surface area contributed by atoms with Gasteiger partial charge in [-0.15, -0.1) is 0 Å². The lowest BCUT2D eigenvalue weighted by atomic mass is 10.1. The smallest absolute Gasteiger partial charge is 0.311 e. The molecule has 0 aliphatic rings. The van der Waals surface area contributed by atoms with Crippen LogP contribution in [0.5, 0.6) is 5.75 Å². The summed E-state index contributed by atoms with van der Waals surface area (Å²) in [5.41, 5.74) is 2.31. The third kappa shape index (κ3) is 3.60. The highest BCUT2D eigenvalue weighted by atomic mass is 16.5. The number of methoxy groups -OCH3 is 1. The molecular weight excluding hydrogens is 252 g/mol. The first-order chi connectivity index (χ1) is 9.70. The summed E-state index contributed by atoms with van der Waals surface area (Å²) in [5, 5.41) is 0. The molecule has 3 nitrogen and oxygen atoms in total. The van der Waals surface area contributed by atoms with Crippen LogP contribution in [0.4, 0.5) is 0 Å². The molecule has 0 saturated carbocycles. The van der Waals surface area contributed by atoms with Gasteiger partial charge in [-0.3, -0.25) is 4.79 Å². The quantitative estimate of drug-likeness (QED) is 0.779.